The third-order valence-electron chi connectivity index (χ3n) is 3.11. The van der Waals surface area contributed by atoms with Gasteiger partial charge in [0.25, 0.3) is 5.91 Å². The van der Waals surface area contributed by atoms with E-state index in [2.05, 4.69) is 5.32 Å². The summed E-state index contributed by atoms with van der Waals surface area (Å²) in [5.41, 5.74) is 1.66. The Labute approximate surface area is 120 Å². The minimum Gasteiger partial charge on any atom is -0.497 e. The van der Waals surface area contributed by atoms with Crippen molar-refractivity contribution in [3.63, 3.8) is 0 Å². The predicted octanol–water partition coefficient (Wildman–Crippen LogP) is 1.69. The number of rotatable bonds is 4. The summed E-state index contributed by atoms with van der Waals surface area (Å²) in [5.74, 6) is 0.554. The van der Waals surface area contributed by atoms with E-state index < -0.39 is 0 Å². The molecule has 20 heavy (non-hydrogen) atoms. The monoisotopic (exact) mass is 292 g/mol. The van der Waals surface area contributed by atoms with E-state index in [-0.39, 0.29) is 10.8 Å². The lowest BCUT2D eigenvalue weighted by Crippen LogP contribution is -2.22. The number of carbonyl (C=O) groups excluding carboxylic acids is 1. The van der Waals surface area contributed by atoms with Crippen LogP contribution in [0, 0.1) is 6.92 Å². The molecule has 0 aliphatic carbocycles. The molecular formula is C14H16N2O3S. The van der Waals surface area contributed by atoms with Gasteiger partial charge in [-0.3, -0.25) is 9.59 Å². The molecule has 0 saturated heterocycles. The maximum absolute atomic E-state index is 12.0. The molecule has 1 N–H and O–H groups in total. The van der Waals surface area contributed by atoms with E-state index in [1.165, 1.54) is 4.57 Å². The Kier molecular flexibility index (Phi) is 4.24. The second-order valence-corrected chi connectivity index (χ2v) is 5.33. The number of carbonyl (C=O) groups is 1. The van der Waals surface area contributed by atoms with Gasteiger partial charge in [-0.05, 0) is 24.6 Å². The largest absolute Gasteiger partial charge is 0.497 e. The minimum absolute atomic E-state index is 0.128. The lowest BCUT2D eigenvalue weighted by molar-refractivity contribution is 0.0954. The number of methoxy groups -OCH3 is 1. The summed E-state index contributed by atoms with van der Waals surface area (Å²) in [5, 5.41) is 2.81. The van der Waals surface area contributed by atoms with Crippen molar-refractivity contribution in [1.29, 1.82) is 0 Å². The summed E-state index contributed by atoms with van der Waals surface area (Å²) in [7, 11) is 3.27. The van der Waals surface area contributed by atoms with Crippen LogP contribution in [-0.2, 0) is 13.6 Å². The molecular weight excluding hydrogens is 276 g/mol. The van der Waals surface area contributed by atoms with Crippen molar-refractivity contribution in [2.24, 2.45) is 7.05 Å². The summed E-state index contributed by atoms with van der Waals surface area (Å²) in [6.07, 6.45) is 0. The Morgan fingerprint density at radius 1 is 1.35 bits per heavy atom. The van der Waals surface area contributed by atoms with Crippen LogP contribution in [-0.4, -0.2) is 17.6 Å². The first-order valence-corrected chi connectivity index (χ1v) is 6.92. The highest BCUT2D eigenvalue weighted by atomic mass is 32.1. The molecule has 0 aliphatic heterocycles. The van der Waals surface area contributed by atoms with E-state index >= 15 is 0 Å². The van der Waals surface area contributed by atoms with Crippen molar-refractivity contribution < 1.29 is 9.53 Å². The predicted molar refractivity (Wildman–Crippen MR) is 78.5 cm³/mol. The summed E-state index contributed by atoms with van der Waals surface area (Å²) in [6.45, 7) is 2.18. The molecule has 1 aromatic heterocycles. The van der Waals surface area contributed by atoms with Crippen molar-refractivity contribution in [1.82, 2.24) is 9.88 Å². The fourth-order valence-electron chi connectivity index (χ4n) is 1.74. The zero-order valence-electron chi connectivity index (χ0n) is 11.6. The highest BCUT2D eigenvalue weighted by Crippen LogP contribution is 2.13. The first-order valence-electron chi connectivity index (χ1n) is 6.10. The lowest BCUT2D eigenvalue weighted by Gasteiger charge is -2.06. The number of thiazole rings is 1. The number of ether oxygens (including phenoxy) is 1. The Bertz CT molecular complexity index is 671. The number of nitrogens with zero attached hydrogens (tertiary/aromatic N) is 1. The standard InChI is InChI=1S/C14H16N2O3S/c1-9-12(20-14(18)16(9)2)13(17)15-8-10-4-6-11(19-3)7-5-10/h4-7H,8H2,1-3H3,(H,15,17). The first kappa shape index (κ1) is 14.3. The fourth-order valence-corrected chi connectivity index (χ4v) is 2.63. The van der Waals surface area contributed by atoms with Crippen LogP contribution in [0.4, 0.5) is 0 Å². The van der Waals surface area contributed by atoms with Crippen LogP contribution in [0.15, 0.2) is 29.1 Å². The molecule has 0 atom stereocenters. The summed E-state index contributed by atoms with van der Waals surface area (Å²) < 4.78 is 6.55. The van der Waals surface area contributed by atoms with Gasteiger partial charge in [0, 0.05) is 19.3 Å². The van der Waals surface area contributed by atoms with Crippen LogP contribution < -0.4 is 14.9 Å². The average Bonchev–Trinajstić information content (AvgIpc) is 2.73. The third kappa shape index (κ3) is 2.91. The van der Waals surface area contributed by atoms with E-state index in [1.807, 2.05) is 24.3 Å². The highest BCUT2D eigenvalue weighted by molar-refractivity contribution is 7.11. The maximum atomic E-state index is 12.0. The number of amides is 1. The van der Waals surface area contributed by atoms with Crippen molar-refractivity contribution in [3.8, 4) is 5.75 Å². The van der Waals surface area contributed by atoms with Gasteiger partial charge >= 0.3 is 4.87 Å². The molecule has 6 heteroatoms. The molecule has 5 nitrogen and oxygen atoms in total. The van der Waals surface area contributed by atoms with E-state index in [0.717, 1.165) is 22.6 Å². The SMILES string of the molecule is COc1ccc(CNC(=O)c2sc(=O)n(C)c2C)cc1. The van der Waals surface area contributed by atoms with E-state index in [4.69, 9.17) is 4.74 Å². The molecule has 1 aromatic carbocycles. The second kappa shape index (κ2) is 5.92. The number of benzene rings is 1. The number of aromatic nitrogens is 1. The molecule has 0 spiro atoms. The van der Waals surface area contributed by atoms with Crippen LogP contribution in [0.25, 0.3) is 0 Å². The van der Waals surface area contributed by atoms with Crippen LogP contribution in [0.3, 0.4) is 0 Å². The van der Waals surface area contributed by atoms with Crippen molar-refractivity contribution in [3.05, 3.63) is 50.1 Å². The molecule has 0 unspecified atom stereocenters. The zero-order valence-corrected chi connectivity index (χ0v) is 12.4. The quantitative estimate of drug-likeness (QED) is 0.933. The maximum Gasteiger partial charge on any atom is 0.307 e. The molecule has 0 bridgehead atoms. The van der Waals surface area contributed by atoms with Gasteiger partial charge in [-0.2, -0.15) is 0 Å². The van der Waals surface area contributed by atoms with E-state index in [9.17, 15) is 9.59 Å². The Balaban J connectivity index is 2.04. The van der Waals surface area contributed by atoms with Gasteiger partial charge in [0.2, 0.25) is 0 Å². The molecule has 1 amide bonds. The zero-order chi connectivity index (χ0) is 14.7. The van der Waals surface area contributed by atoms with Gasteiger partial charge < -0.3 is 14.6 Å². The van der Waals surface area contributed by atoms with Gasteiger partial charge in [-0.25, -0.2) is 0 Å². The van der Waals surface area contributed by atoms with Gasteiger partial charge in [0.05, 0.1) is 7.11 Å². The average molecular weight is 292 g/mol. The second-order valence-electron chi connectivity index (χ2n) is 4.37. The Morgan fingerprint density at radius 2 is 2.00 bits per heavy atom. The van der Waals surface area contributed by atoms with Gasteiger partial charge in [-0.1, -0.05) is 23.5 Å². The first-order chi connectivity index (χ1) is 9.52. The Morgan fingerprint density at radius 3 is 2.50 bits per heavy atom. The summed E-state index contributed by atoms with van der Waals surface area (Å²) in [4.78, 5) is 23.9. The van der Waals surface area contributed by atoms with E-state index in [1.54, 1.807) is 21.1 Å². The molecule has 0 fully saturated rings. The molecule has 0 radical (unpaired) electrons. The molecule has 0 aliphatic rings. The van der Waals surface area contributed by atoms with Crippen molar-refractivity contribution >= 4 is 17.2 Å². The van der Waals surface area contributed by atoms with Crippen LogP contribution >= 0.6 is 11.3 Å². The third-order valence-corrected chi connectivity index (χ3v) is 4.25. The van der Waals surface area contributed by atoms with Gasteiger partial charge in [-0.15, -0.1) is 0 Å². The topological polar surface area (TPSA) is 60.3 Å². The number of hydrogen-bond acceptors (Lipinski definition) is 4. The summed E-state index contributed by atoms with van der Waals surface area (Å²) >= 11 is 0.966. The molecule has 0 saturated carbocycles. The number of nitrogens with one attached hydrogen (secondary N) is 1. The Hall–Kier alpha value is -2.08. The van der Waals surface area contributed by atoms with Crippen molar-refractivity contribution in [2.45, 2.75) is 13.5 Å². The van der Waals surface area contributed by atoms with Gasteiger partial charge in [0.1, 0.15) is 10.6 Å². The summed E-state index contributed by atoms with van der Waals surface area (Å²) in [6, 6.07) is 7.46. The molecule has 2 rings (SSSR count). The van der Waals surface area contributed by atoms with Crippen LogP contribution in [0.2, 0.25) is 0 Å². The smallest absolute Gasteiger partial charge is 0.307 e. The lowest BCUT2D eigenvalue weighted by atomic mass is 10.2. The van der Waals surface area contributed by atoms with Gasteiger partial charge in [0.15, 0.2) is 0 Å². The molecule has 2 aromatic rings. The number of hydrogen-bond donors (Lipinski definition) is 1. The van der Waals surface area contributed by atoms with E-state index in [0.29, 0.717) is 17.1 Å². The van der Waals surface area contributed by atoms with Crippen LogP contribution in [0.5, 0.6) is 5.75 Å². The van der Waals surface area contributed by atoms with Crippen LogP contribution in [0.1, 0.15) is 20.9 Å². The molecule has 106 valence electrons. The normalized spacial score (nSPS) is 10.3. The molecule has 1 heterocycles. The van der Waals surface area contributed by atoms with Crippen molar-refractivity contribution in [2.75, 3.05) is 7.11 Å². The fraction of sp³-hybridized carbons (Fsp3) is 0.286. The highest BCUT2D eigenvalue weighted by Gasteiger charge is 2.15. The minimum atomic E-state index is -0.221.